The van der Waals surface area contributed by atoms with Crippen LogP contribution < -0.4 is 5.32 Å². The molecule has 0 spiro atoms. The number of hydrogen-bond acceptors (Lipinski definition) is 4. The lowest BCUT2D eigenvalue weighted by atomic mass is 9.82. The molecule has 1 heterocycles. The van der Waals surface area contributed by atoms with Gasteiger partial charge in [0.15, 0.2) is 0 Å². The summed E-state index contributed by atoms with van der Waals surface area (Å²) in [5, 5.41) is 3.10. The molecule has 1 saturated heterocycles. The average Bonchev–Trinajstić information content (AvgIpc) is 3.16. The third-order valence-corrected chi connectivity index (χ3v) is 4.90. The largest absolute Gasteiger partial charge is 0.468 e. The van der Waals surface area contributed by atoms with Crippen LogP contribution >= 0.6 is 0 Å². The Labute approximate surface area is 148 Å². The van der Waals surface area contributed by atoms with Crippen molar-refractivity contribution in [3.63, 3.8) is 0 Å². The maximum absolute atomic E-state index is 13.0. The Balaban J connectivity index is 1.83. The molecule has 1 fully saturated rings. The summed E-state index contributed by atoms with van der Waals surface area (Å²) < 4.78 is 4.84. The topological polar surface area (TPSA) is 55.4 Å². The molecule has 3 rings (SSSR count). The highest BCUT2D eigenvalue weighted by atomic mass is 16.5. The van der Waals surface area contributed by atoms with Crippen LogP contribution in [0.15, 0.2) is 60.7 Å². The van der Waals surface area contributed by atoms with Gasteiger partial charge in [-0.2, -0.15) is 0 Å². The summed E-state index contributed by atoms with van der Waals surface area (Å²) in [5.74, 6) is -0.568. The first-order valence-electron chi connectivity index (χ1n) is 8.64. The van der Waals surface area contributed by atoms with Crippen LogP contribution in [0.4, 0.5) is 0 Å². The number of carbonyl (C=O) groups excluding carboxylic acids is 2. The Kier molecular flexibility index (Phi) is 5.61. The zero-order chi connectivity index (χ0) is 17.6. The van der Waals surface area contributed by atoms with Gasteiger partial charge in [-0.25, -0.2) is 0 Å². The number of esters is 1. The number of Topliss-reactive ketones (excluding diaryl/α,β-unsaturated/α-hetero) is 1. The SMILES string of the molecule is COC(=O)[C@H]1NCCC1C(=O)CC(c1ccccc1)c1ccccc1. The van der Waals surface area contributed by atoms with Gasteiger partial charge in [0.1, 0.15) is 11.8 Å². The summed E-state index contributed by atoms with van der Waals surface area (Å²) in [6.45, 7) is 0.664. The van der Waals surface area contributed by atoms with E-state index in [9.17, 15) is 9.59 Å². The standard InChI is InChI=1S/C21H23NO3/c1-25-21(24)20-17(12-13-22-20)19(23)14-18(15-8-4-2-5-9-15)16-10-6-3-7-11-16/h2-11,17-18,20,22H,12-14H2,1H3/t17?,20-/m0/s1. The van der Waals surface area contributed by atoms with E-state index in [-0.39, 0.29) is 23.6 Å². The van der Waals surface area contributed by atoms with E-state index in [0.29, 0.717) is 19.4 Å². The van der Waals surface area contributed by atoms with Crippen LogP contribution in [0.2, 0.25) is 0 Å². The van der Waals surface area contributed by atoms with Crippen molar-refractivity contribution in [1.82, 2.24) is 5.32 Å². The molecule has 0 radical (unpaired) electrons. The first-order valence-corrected chi connectivity index (χ1v) is 8.64. The predicted octanol–water partition coefficient (Wildman–Crippen LogP) is 2.93. The normalized spacial score (nSPS) is 19.8. The second-order valence-electron chi connectivity index (χ2n) is 6.39. The maximum atomic E-state index is 13.0. The predicted molar refractivity (Wildman–Crippen MR) is 96.3 cm³/mol. The molecule has 0 amide bonds. The van der Waals surface area contributed by atoms with Crippen LogP contribution in [-0.2, 0) is 14.3 Å². The molecule has 1 unspecified atom stereocenters. The zero-order valence-corrected chi connectivity index (χ0v) is 14.4. The van der Waals surface area contributed by atoms with E-state index < -0.39 is 6.04 Å². The maximum Gasteiger partial charge on any atom is 0.323 e. The molecule has 1 N–H and O–H groups in total. The van der Waals surface area contributed by atoms with Crippen molar-refractivity contribution < 1.29 is 14.3 Å². The highest BCUT2D eigenvalue weighted by molar-refractivity contribution is 5.90. The van der Waals surface area contributed by atoms with Gasteiger partial charge in [0.2, 0.25) is 0 Å². The smallest absolute Gasteiger partial charge is 0.323 e. The van der Waals surface area contributed by atoms with Gasteiger partial charge in [-0.1, -0.05) is 60.7 Å². The Morgan fingerprint density at radius 1 is 1.04 bits per heavy atom. The molecule has 0 aliphatic carbocycles. The van der Waals surface area contributed by atoms with Crippen molar-refractivity contribution in [3.05, 3.63) is 71.8 Å². The minimum atomic E-state index is -0.523. The van der Waals surface area contributed by atoms with Gasteiger partial charge in [-0.05, 0) is 24.1 Å². The van der Waals surface area contributed by atoms with Crippen molar-refractivity contribution in [2.75, 3.05) is 13.7 Å². The van der Waals surface area contributed by atoms with Crippen LogP contribution in [-0.4, -0.2) is 31.4 Å². The minimum absolute atomic E-state index is 0.00574. The van der Waals surface area contributed by atoms with E-state index in [1.165, 1.54) is 7.11 Å². The van der Waals surface area contributed by atoms with Gasteiger partial charge >= 0.3 is 5.97 Å². The lowest BCUT2D eigenvalue weighted by Gasteiger charge is -2.21. The molecule has 2 aromatic rings. The summed E-state index contributed by atoms with van der Waals surface area (Å²) in [6, 6.07) is 19.6. The van der Waals surface area contributed by atoms with Crippen molar-refractivity contribution in [3.8, 4) is 0 Å². The Hall–Kier alpha value is -2.46. The molecule has 4 nitrogen and oxygen atoms in total. The van der Waals surface area contributed by atoms with E-state index >= 15 is 0 Å². The van der Waals surface area contributed by atoms with E-state index in [0.717, 1.165) is 11.1 Å². The third kappa shape index (κ3) is 3.97. The number of benzene rings is 2. The van der Waals surface area contributed by atoms with Gasteiger partial charge in [-0.15, -0.1) is 0 Å². The van der Waals surface area contributed by atoms with Crippen LogP contribution in [0.3, 0.4) is 0 Å². The van der Waals surface area contributed by atoms with Crippen LogP contribution in [0.25, 0.3) is 0 Å². The molecule has 2 aromatic carbocycles. The van der Waals surface area contributed by atoms with Gasteiger partial charge in [0, 0.05) is 18.3 Å². The second-order valence-corrected chi connectivity index (χ2v) is 6.39. The average molecular weight is 337 g/mol. The molecule has 25 heavy (non-hydrogen) atoms. The second kappa shape index (κ2) is 8.08. The molecular weight excluding hydrogens is 314 g/mol. The summed E-state index contributed by atoms with van der Waals surface area (Å²) in [7, 11) is 1.36. The Morgan fingerprint density at radius 2 is 1.60 bits per heavy atom. The van der Waals surface area contributed by atoms with E-state index in [1.807, 2.05) is 36.4 Å². The highest BCUT2D eigenvalue weighted by Crippen LogP contribution is 2.31. The molecule has 0 bridgehead atoms. The lowest BCUT2D eigenvalue weighted by Crippen LogP contribution is -2.39. The van der Waals surface area contributed by atoms with Gasteiger partial charge < -0.3 is 10.1 Å². The minimum Gasteiger partial charge on any atom is -0.468 e. The highest BCUT2D eigenvalue weighted by Gasteiger charge is 2.38. The summed E-state index contributed by atoms with van der Waals surface area (Å²) in [4.78, 5) is 24.9. The molecule has 1 aliphatic rings. The van der Waals surface area contributed by atoms with Crippen molar-refractivity contribution in [2.24, 2.45) is 5.92 Å². The molecule has 4 heteroatoms. The Bertz CT molecular complexity index is 675. The summed E-state index contributed by atoms with van der Waals surface area (Å²) >= 11 is 0. The molecule has 0 aromatic heterocycles. The fourth-order valence-corrected chi connectivity index (χ4v) is 3.58. The van der Waals surface area contributed by atoms with Crippen molar-refractivity contribution in [1.29, 1.82) is 0 Å². The van der Waals surface area contributed by atoms with E-state index in [4.69, 9.17) is 4.74 Å². The Morgan fingerprint density at radius 3 is 2.12 bits per heavy atom. The lowest BCUT2D eigenvalue weighted by molar-refractivity contribution is -0.145. The molecule has 2 atom stereocenters. The van der Waals surface area contributed by atoms with Gasteiger partial charge in [-0.3, -0.25) is 9.59 Å². The van der Waals surface area contributed by atoms with Gasteiger partial charge in [0.25, 0.3) is 0 Å². The quantitative estimate of drug-likeness (QED) is 0.824. The first kappa shape index (κ1) is 17.4. The first-order chi connectivity index (χ1) is 12.2. The number of carbonyl (C=O) groups is 2. The summed E-state index contributed by atoms with van der Waals surface area (Å²) in [5.41, 5.74) is 2.23. The number of ether oxygens (including phenoxy) is 1. The van der Waals surface area contributed by atoms with E-state index in [2.05, 4.69) is 29.6 Å². The van der Waals surface area contributed by atoms with Crippen LogP contribution in [0.5, 0.6) is 0 Å². The van der Waals surface area contributed by atoms with Crippen LogP contribution in [0.1, 0.15) is 29.9 Å². The number of rotatable bonds is 6. The van der Waals surface area contributed by atoms with Crippen molar-refractivity contribution >= 4 is 11.8 Å². The number of nitrogens with one attached hydrogen (secondary N) is 1. The molecular formula is C21H23NO3. The number of ketones is 1. The number of hydrogen-bond donors (Lipinski definition) is 1. The van der Waals surface area contributed by atoms with E-state index in [1.54, 1.807) is 0 Å². The number of methoxy groups -OCH3 is 1. The van der Waals surface area contributed by atoms with Crippen LogP contribution in [0, 0.1) is 5.92 Å². The van der Waals surface area contributed by atoms with Crippen molar-refractivity contribution in [2.45, 2.75) is 24.8 Å². The molecule has 0 saturated carbocycles. The zero-order valence-electron chi connectivity index (χ0n) is 14.4. The molecule has 1 aliphatic heterocycles. The fourth-order valence-electron chi connectivity index (χ4n) is 3.58. The fraction of sp³-hybridized carbons (Fsp3) is 0.333. The third-order valence-electron chi connectivity index (χ3n) is 4.90. The monoisotopic (exact) mass is 337 g/mol. The summed E-state index contributed by atoms with van der Waals surface area (Å²) in [6.07, 6.45) is 1.06. The molecule has 130 valence electrons. The van der Waals surface area contributed by atoms with Gasteiger partial charge in [0.05, 0.1) is 7.11 Å².